The number of hydrogen-bond donors (Lipinski definition) is 1. The SMILES string of the molecule is COc1ccc2cc(-c3sc(C)nc3C(=O)O)ccc2c1. The minimum Gasteiger partial charge on any atom is -0.497 e. The van der Waals surface area contributed by atoms with Gasteiger partial charge in [-0.3, -0.25) is 0 Å². The van der Waals surface area contributed by atoms with E-state index in [1.807, 2.05) is 43.3 Å². The average molecular weight is 299 g/mol. The van der Waals surface area contributed by atoms with Gasteiger partial charge in [-0.2, -0.15) is 0 Å². The lowest BCUT2D eigenvalue weighted by Gasteiger charge is -2.05. The van der Waals surface area contributed by atoms with Crippen LogP contribution >= 0.6 is 11.3 Å². The normalized spacial score (nSPS) is 10.8. The van der Waals surface area contributed by atoms with Crippen molar-refractivity contribution in [3.05, 3.63) is 47.1 Å². The molecule has 0 atom stereocenters. The Morgan fingerprint density at radius 1 is 1.19 bits per heavy atom. The molecule has 0 saturated heterocycles. The van der Waals surface area contributed by atoms with E-state index in [1.54, 1.807) is 7.11 Å². The minimum absolute atomic E-state index is 0.116. The summed E-state index contributed by atoms with van der Waals surface area (Å²) in [6, 6.07) is 11.7. The number of rotatable bonds is 3. The average Bonchev–Trinajstić information content (AvgIpc) is 2.88. The number of fused-ring (bicyclic) bond motifs is 1. The fraction of sp³-hybridized carbons (Fsp3) is 0.125. The molecule has 106 valence electrons. The molecule has 4 nitrogen and oxygen atoms in total. The Hall–Kier alpha value is -2.40. The van der Waals surface area contributed by atoms with E-state index in [4.69, 9.17) is 4.74 Å². The maximum atomic E-state index is 11.3. The molecule has 0 bridgehead atoms. The van der Waals surface area contributed by atoms with Gasteiger partial charge in [0.1, 0.15) is 5.75 Å². The highest BCUT2D eigenvalue weighted by atomic mass is 32.1. The number of carbonyl (C=O) groups is 1. The van der Waals surface area contributed by atoms with Crippen LogP contribution < -0.4 is 4.74 Å². The zero-order chi connectivity index (χ0) is 15.0. The third-order valence-electron chi connectivity index (χ3n) is 3.25. The summed E-state index contributed by atoms with van der Waals surface area (Å²) in [6.07, 6.45) is 0. The Balaban J connectivity index is 2.15. The topological polar surface area (TPSA) is 59.4 Å². The molecule has 0 amide bonds. The van der Waals surface area contributed by atoms with Crippen molar-refractivity contribution in [2.45, 2.75) is 6.92 Å². The molecule has 1 aromatic heterocycles. The van der Waals surface area contributed by atoms with Crippen LogP contribution in [0, 0.1) is 6.92 Å². The van der Waals surface area contributed by atoms with Gasteiger partial charge in [-0.25, -0.2) is 9.78 Å². The van der Waals surface area contributed by atoms with E-state index in [1.165, 1.54) is 11.3 Å². The maximum Gasteiger partial charge on any atom is 0.356 e. The third-order valence-corrected chi connectivity index (χ3v) is 4.27. The summed E-state index contributed by atoms with van der Waals surface area (Å²) >= 11 is 1.40. The number of benzene rings is 2. The number of nitrogens with zero attached hydrogens (tertiary/aromatic N) is 1. The van der Waals surface area contributed by atoms with Crippen molar-refractivity contribution >= 4 is 28.1 Å². The van der Waals surface area contributed by atoms with Gasteiger partial charge in [0.05, 0.1) is 17.0 Å². The van der Waals surface area contributed by atoms with E-state index < -0.39 is 5.97 Å². The van der Waals surface area contributed by atoms with Crippen molar-refractivity contribution in [3.8, 4) is 16.2 Å². The van der Waals surface area contributed by atoms with Crippen molar-refractivity contribution in [1.29, 1.82) is 0 Å². The number of thiazole rings is 1. The van der Waals surface area contributed by atoms with Crippen molar-refractivity contribution in [2.24, 2.45) is 0 Å². The largest absolute Gasteiger partial charge is 0.497 e. The highest BCUT2D eigenvalue weighted by Crippen LogP contribution is 2.33. The highest BCUT2D eigenvalue weighted by Gasteiger charge is 2.17. The van der Waals surface area contributed by atoms with Crippen LogP contribution in [0.2, 0.25) is 0 Å². The quantitative estimate of drug-likeness (QED) is 0.794. The molecule has 0 aliphatic carbocycles. The van der Waals surface area contributed by atoms with Crippen LogP contribution in [-0.2, 0) is 0 Å². The second kappa shape index (κ2) is 5.18. The molecule has 0 unspecified atom stereocenters. The molecule has 5 heteroatoms. The summed E-state index contributed by atoms with van der Waals surface area (Å²) in [4.78, 5) is 16.1. The van der Waals surface area contributed by atoms with Crippen LogP contribution in [-0.4, -0.2) is 23.2 Å². The number of carboxylic acids is 1. The number of ether oxygens (including phenoxy) is 1. The zero-order valence-corrected chi connectivity index (χ0v) is 12.4. The van der Waals surface area contributed by atoms with Crippen molar-refractivity contribution in [2.75, 3.05) is 7.11 Å². The summed E-state index contributed by atoms with van der Waals surface area (Å²) in [7, 11) is 1.63. The molecule has 0 fully saturated rings. The lowest BCUT2D eigenvalue weighted by Crippen LogP contribution is -1.98. The van der Waals surface area contributed by atoms with E-state index in [9.17, 15) is 9.90 Å². The molecule has 0 spiro atoms. The van der Waals surface area contributed by atoms with Gasteiger partial charge in [-0.1, -0.05) is 18.2 Å². The van der Waals surface area contributed by atoms with Gasteiger partial charge in [0, 0.05) is 0 Å². The van der Waals surface area contributed by atoms with Crippen LogP contribution in [0.3, 0.4) is 0 Å². The third kappa shape index (κ3) is 2.48. The Labute approximate surface area is 125 Å². The van der Waals surface area contributed by atoms with E-state index in [-0.39, 0.29) is 5.69 Å². The molecule has 1 N–H and O–H groups in total. The highest BCUT2D eigenvalue weighted by molar-refractivity contribution is 7.15. The predicted molar refractivity (Wildman–Crippen MR) is 83.3 cm³/mol. The summed E-state index contributed by atoms with van der Waals surface area (Å²) in [6.45, 7) is 1.81. The van der Waals surface area contributed by atoms with Gasteiger partial charge in [0.15, 0.2) is 5.69 Å². The maximum absolute atomic E-state index is 11.3. The number of methoxy groups -OCH3 is 1. The van der Waals surface area contributed by atoms with Crippen LogP contribution in [0.1, 0.15) is 15.5 Å². The standard InChI is InChI=1S/C16H13NO3S/c1-9-17-14(16(18)19)15(21-9)12-4-3-11-8-13(20-2)6-5-10(11)7-12/h3-8H,1-2H3,(H,18,19). The first kappa shape index (κ1) is 13.6. The van der Waals surface area contributed by atoms with Crippen LogP contribution in [0.4, 0.5) is 0 Å². The van der Waals surface area contributed by atoms with Gasteiger partial charge in [0.2, 0.25) is 0 Å². The van der Waals surface area contributed by atoms with Crippen molar-refractivity contribution < 1.29 is 14.6 Å². The first-order valence-electron chi connectivity index (χ1n) is 6.37. The molecule has 0 saturated carbocycles. The minimum atomic E-state index is -0.996. The lowest BCUT2D eigenvalue weighted by atomic mass is 10.0. The molecular formula is C16H13NO3S. The molecule has 3 rings (SSSR count). The summed E-state index contributed by atoms with van der Waals surface area (Å²) < 4.78 is 5.21. The molecule has 0 radical (unpaired) electrons. The first-order valence-corrected chi connectivity index (χ1v) is 7.19. The predicted octanol–water partition coefficient (Wildman–Crippen LogP) is 3.98. The molecule has 2 aromatic carbocycles. The molecular weight excluding hydrogens is 286 g/mol. The number of aromatic carboxylic acids is 1. The monoisotopic (exact) mass is 299 g/mol. The lowest BCUT2D eigenvalue weighted by molar-refractivity contribution is 0.0692. The van der Waals surface area contributed by atoms with E-state index >= 15 is 0 Å². The number of aryl methyl sites for hydroxylation is 1. The van der Waals surface area contributed by atoms with E-state index in [2.05, 4.69) is 4.98 Å². The van der Waals surface area contributed by atoms with Crippen LogP contribution in [0.15, 0.2) is 36.4 Å². The van der Waals surface area contributed by atoms with Crippen molar-refractivity contribution in [3.63, 3.8) is 0 Å². The Morgan fingerprint density at radius 2 is 1.90 bits per heavy atom. The van der Waals surface area contributed by atoms with Gasteiger partial charge >= 0.3 is 5.97 Å². The first-order chi connectivity index (χ1) is 10.1. The van der Waals surface area contributed by atoms with Gasteiger partial charge < -0.3 is 9.84 Å². The van der Waals surface area contributed by atoms with E-state index in [0.29, 0.717) is 4.88 Å². The molecule has 21 heavy (non-hydrogen) atoms. The number of aromatic nitrogens is 1. The van der Waals surface area contributed by atoms with Gasteiger partial charge in [0.25, 0.3) is 0 Å². The summed E-state index contributed by atoms with van der Waals surface area (Å²) in [5, 5.41) is 12.1. The number of carboxylic acid groups (broad SMARTS) is 1. The van der Waals surface area contributed by atoms with Crippen molar-refractivity contribution in [1.82, 2.24) is 4.98 Å². The smallest absolute Gasteiger partial charge is 0.356 e. The molecule has 0 aliphatic rings. The summed E-state index contributed by atoms with van der Waals surface area (Å²) in [5.41, 5.74) is 0.987. The van der Waals surface area contributed by atoms with Gasteiger partial charge in [-0.15, -0.1) is 11.3 Å². The fourth-order valence-electron chi connectivity index (χ4n) is 2.26. The molecule has 3 aromatic rings. The van der Waals surface area contributed by atoms with Crippen LogP contribution in [0.25, 0.3) is 21.2 Å². The number of hydrogen-bond acceptors (Lipinski definition) is 4. The zero-order valence-electron chi connectivity index (χ0n) is 11.6. The molecule has 1 heterocycles. The van der Waals surface area contributed by atoms with E-state index in [0.717, 1.165) is 27.1 Å². The van der Waals surface area contributed by atoms with Crippen LogP contribution in [0.5, 0.6) is 5.75 Å². The Kier molecular flexibility index (Phi) is 3.35. The Bertz CT molecular complexity index is 839. The fourth-order valence-corrected chi connectivity index (χ4v) is 3.17. The second-order valence-electron chi connectivity index (χ2n) is 4.64. The molecule has 0 aliphatic heterocycles. The second-order valence-corrected chi connectivity index (χ2v) is 5.85. The van der Waals surface area contributed by atoms with Gasteiger partial charge in [-0.05, 0) is 41.5 Å². The summed E-state index contributed by atoms with van der Waals surface area (Å²) in [5.74, 6) is -0.195. The Morgan fingerprint density at radius 3 is 2.62 bits per heavy atom.